The molecule has 0 radical (unpaired) electrons. The first-order chi connectivity index (χ1) is 17.0. The van der Waals surface area contributed by atoms with Crippen LogP contribution in [-0.2, 0) is 35.1 Å². The molecule has 1 atom stereocenters. The maximum absolute atomic E-state index is 13.1. The molecule has 186 valence electrons. The minimum atomic E-state index is -0.813. The van der Waals surface area contributed by atoms with Crippen LogP contribution in [0.5, 0.6) is 0 Å². The zero-order valence-corrected chi connectivity index (χ0v) is 20.3. The number of hydrogen-bond acceptors (Lipinski definition) is 6. The summed E-state index contributed by atoms with van der Waals surface area (Å²) in [6.07, 6.45) is 1.24. The number of rotatable bonds is 8. The molecule has 1 unspecified atom stereocenters. The number of carbonyl (C=O) groups excluding carboxylic acids is 3. The van der Waals surface area contributed by atoms with Gasteiger partial charge < -0.3 is 14.4 Å². The van der Waals surface area contributed by atoms with E-state index in [2.05, 4.69) is 12.1 Å². The van der Waals surface area contributed by atoms with E-state index in [1.54, 1.807) is 12.0 Å². The normalized spacial score (nSPS) is 19.3. The van der Waals surface area contributed by atoms with Gasteiger partial charge in [-0.2, -0.15) is 0 Å². The van der Waals surface area contributed by atoms with E-state index in [1.165, 1.54) is 12.2 Å². The number of hydroxylamine groups is 2. The SMILES string of the molecule is COCCON1C(=O)CC(C(=O)OC)C12CCN(C(=O)Cc1ccc(-c3ccccc3)cc1)CC2. The molecule has 0 aliphatic carbocycles. The minimum absolute atomic E-state index is 0.0260. The van der Waals surface area contributed by atoms with Crippen LogP contribution in [0.3, 0.4) is 0 Å². The molecule has 8 nitrogen and oxygen atoms in total. The van der Waals surface area contributed by atoms with Crippen LogP contribution in [0, 0.1) is 5.92 Å². The summed E-state index contributed by atoms with van der Waals surface area (Å²) in [7, 11) is 2.89. The predicted molar refractivity (Wildman–Crippen MR) is 129 cm³/mol. The number of esters is 1. The first kappa shape index (κ1) is 24.9. The molecule has 2 amide bonds. The van der Waals surface area contributed by atoms with Crippen molar-refractivity contribution >= 4 is 17.8 Å². The van der Waals surface area contributed by atoms with Gasteiger partial charge >= 0.3 is 5.97 Å². The molecule has 4 rings (SSSR count). The molecule has 0 N–H and O–H groups in total. The Morgan fingerprint density at radius 3 is 2.23 bits per heavy atom. The largest absolute Gasteiger partial charge is 0.469 e. The van der Waals surface area contributed by atoms with Gasteiger partial charge in [0, 0.05) is 26.6 Å². The number of amides is 2. The predicted octanol–water partition coefficient (Wildman–Crippen LogP) is 2.86. The van der Waals surface area contributed by atoms with Gasteiger partial charge in [-0.15, -0.1) is 0 Å². The van der Waals surface area contributed by atoms with Crippen molar-refractivity contribution in [3.63, 3.8) is 0 Å². The molecule has 2 aliphatic heterocycles. The van der Waals surface area contributed by atoms with E-state index in [9.17, 15) is 14.4 Å². The number of likely N-dealkylation sites (tertiary alicyclic amines) is 1. The van der Waals surface area contributed by atoms with Crippen LogP contribution < -0.4 is 0 Å². The highest BCUT2D eigenvalue weighted by Gasteiger charge is 2.58. The highest BCUT2D eigenvalue weighted by atomic mass is 16.7. The van der Waals surface area contributed by atoms with Crippen molar-refractivity contribution in [1.29, 1.82) is 0 Å². The van der Waals surface area contributed by atoms with Crippen LogP contribution in [0.2, 0.25) is 0 Å². The number of carbonyl (C=O) groups is 3. The second-order valence-corrected chi connectivity index (χ2v) is 9.02. The molecule has 0 bridgehead atoms. The summed E-state index contributed by atoms with van der Waals surface area (Å²) in [4.78, 5) is 45.9. The van der Waals surface area contributed by atoms with E-state index >= 15 is 0 Å². The van der Waals surface area contributed by atoms with Crippen molar-refractivity contribution in [1.82, 2.24) is 9.96 Å². The number of nitrogens with zero attached hydrogens (tertiary/aromatic N) is 2. The molecule has 2 fully saturated rings. The molecule has 8 heteroatoms. The molecule has 2 saturated heterocycles. The van der Waals surface area contributed by atoms with Gasteiger partial charge in [0.1, 0.15) is 0 Å². The molecule has 2 aliphatic rings. The lowest BCUT2D eigenvalue weighted by molar-refractivity contribution is -0.226. The zero-order chi connectivity index (χ0) is 24.8. The summed E-state index contributed by atoms with van der Waals surface area (Å²) in [5.74, 6) is -1.26. The van der Waals surface area contributed by atoms with E-state index in [0.717, 1.165) is 16.7 Å². The summed E-state index contributed by atoms with van der Waals surface area (Å²) < 4.78 is 10.0. The Morgan fingerprint density at radius 1 is 0.943 bits per heavy atom. The minimum Gasteiger partial charge on any atom is -0.469 e. The number of hydrogen-bond donors (Lipinski definition) is 0. The number of benzene rings is 2. The molecule has 2 aromatic rings. The van der Waals surface area contributed by atoms with Gasteiger partial charge in [0.15, 0.2) is 0 Å². The maximum Gasteiger partial charge on any atom is 0.311 e. The second kappa shape index (κ2) is 11.0. The highest BCUT2D eigenvalue weighted by Crippen LogP contribution is 2.44. The summed E-state index contributed by atoms with van der Waals surface area (Å²) in [5, 5.41) is 1.36. The quantitative estimate of drug-likeness (QED) is 0.427. The Bertz CT molecular complexity index is 1030. The van der Waals surface area contributed by atoms with Gasteiger partial charge in [-0.3, -0.25) is 19.2 Å². The summed E-state index contributed by atoms with van der Waals surface area (Å²) in [6, 6.07) is 18.1. The number of piperidine rings is 1. The molecule has 0 saturated carbocycles. The van der Waals surface area contributed by atoms with Crippen molar-refractivity contribution in [2.75, 3.05) is 40.5 Å². The average Bonchev–Trinajstić information content (AvgIpc) is 3.15. The van der Waals surface area contributed by atoms with Gasteiger partial charge in [-0.1, -0.05) is 54.6 Å². The van der Waals surface area contributed by atoms with E-state index in [4.69, 9.17) is 14.3 Å². The fraction of sp³-hybridized carbons (Fsp3) is 0.444. The maximum atomic E-state index is 13.1. The lowest BCUT2D eigenvalue weighted by Crippen LogP contribution is -2.58. The first-order valence-corrected chi connectivity index (χ1v) is 11.9. The first-order valence-electron chi connectivity index (χ1n) is 11.9. The van der Waals surface area contributed by atoms with E-state index in [-0.39, 0.29) is 24.8 Å². The highest BCUT2D eigenvalue weighted by molar-refractivity contribution is 5.88. The summed E-state index contributed by atoms with van der Waals surface area (Å²) >= 11 is 0. The van der Waals surface area contributed by atoms with Gasteiger partial charge in [-0.05, 0) is 29.5 Å². The third-order valence-electron chi connectivity index (χ3n) is 7.05. The lowest BCUT2D eigenvalue weighted by atomic mass is 9.77. The Hall–Kier alpha value is -3.23. The van der Waals surface area contributed by atoms with Crippen LogP contribution in [0.25, 0.3) is 11.1 Å². The molecule has 2 aromatic carbocycles. The van der Waals surface area contributed by atoms with E-state index in [1.807, 2.05) is 42.5 Å². The molecule has 1 spiro atoms. The Morgan fingerprint density at radius 2 is 1.60 bits per heavy atom. The monoisotopic (exact) mass is 480 g/mol. The van der Waals surface area contributed by atoms with Gasteiger partial charge in [0.25, 0.3) is 0 Å². The van der Waals surface area contributed by atoms with Crippen LogP contribution in [0.4, 0.5) is 0 Å². The van der Waals surface area contributed by atoms with Crippen LogP contribution in [0.15, 0.2) is 54.6 Å². The number of ether oxygens (including phenoxy) is 2. The molecule has 35 heavy (non-hydrogen) atoms. The second-order valence-electron chi connectivity index (χ2n) is 9.02. The lowest BCUT2D eigenvalue weighted by Gasteiger charge is -2.45. The third kappa shape index (κ3) is 5.23. The summed E-state index contributed by atoms with van der Waals surface area (Å²) in [5.41, 5.74) is 2.37. The number of methoxy groups -OCH3 is 2. The Labute approximate surface area is 205 Å². The van der Waals surface area contributed by atoms with E-state index < -0.39 is 17.4 Å². The van der Waals surface area contributed by atoms with Crippen molar-refractivity contribution in [2.24, 2.45) is 5.92 Å². The Balaban J connectivity index is 1.41. The van der Waals surface area contributed by atoms with Crippen molar-refractivity contribution < 1.29 is 28.7 Å². The van der Waals surface area contributed by atoms with Gasteiger partial charge in [0.2, 0.25) is 11.8 Å². The van der Waals surface area contributed by atoms with Crippen LogP contribution in [0.1, 0.15) is 24.8 Å². The zero-order valence-electron chi connectivity index (χ0n) is 20.3. The molecular weight excluding hydrogens is 448 g/mol. The van der Waals surface area contributed by atoms with Crippen molar-refractivity contribution in [2.45, 2.75) is 31.2 Å². The topological polar surface area (TPSA) is 85.4 Å². The fourth-order valence-electron chi connectivity index (χ4n) is 5.12. The molecular formula is C27H32N2O6. The average molecular weight is 481 g/mol. The standard InChI is InChI=1S/C27H32N2O6/c1-33-16-17-35-29-25(31)19-23(26(32)34-2)27(29)12-14-28(15-13-27)24(30)18-20-8-10-22(11-9-20)21-6-4-3-5-7-21/h3-11,23H,12-19H2,1-2H3. The molecule has 2 heterocycles. The van der Waals surface area contributed by atoms with Gasteiger partial charge in [-0.25, -0.2) is 5.06 Å². The summed E-state index contributed by atoms with van der Waals surface area (Å²) in [6.45, 7) is 1.41. The van der Waals surface area contributed by atoms with Crippen molar-refractivity contribution in [3.8, 4) is 11.1 Å². The van der Waals surface area contributed by atoms with Crippen LogP contribution in [-0.4, -0.2) is 73.8 Å². The van der Waals surface area contributed by atoms with Crippen LogP contribution >= 0.6 is 0 Å². The van der Waals surface area contributed by atoms with Gasteiger partial charge in [0.05, 0.1) is 38.2 Å². The fourth-order valence-corrected chi connectivity index (χ4v) is 5.12. The Kier molecular flexibility index (Phi) is 7.83. The smallest absolute Gasteiger partial charge is 0.311 e. The third-order valence-corrected chi connectivity index (χ3v) is 7.05. The van der Waals surface area contributed by atoms with E-state index in [0.29, 0.717) is 39.0 Å². The van der Waals surface area contributed by atoms with Crippen molar-refractivity contribution in [3.05, 3.63) is 60.2 Å². The molecule has 0 aromatic heterocycles.